The van der Waals surface area contributed by atoms with Crippen LogP contribution in [0.3, 0.4) is 0 Å². The molecule has 3 aromatic rings. The molecular weight excluding hydrogens is 376 g/mol. The van der Waals surface area contributed by atoms with E-state index in [4.69, 9.17) is 0 Å². The van der Waals surface area contributed by atoms with Gasteiger partial charge in [0.1, 0.15) is 0 Å². The Morgan fingerprint density at radius 3 is 2.47 bits per heavy atom. The Morgan fingerprint density at radius 2 is 1.73 bits per heavy atom. The topological polar surface area (TPSA) is 72.2 Å². The molecule has 5 heteroatoms. The van der Waals surface area contributed by atoms with Crippen LogP contribution in [0.5, 0.6) is 0 Å². The zero-order chi connectivity index (χ0) is 21.0. The van der Waals surface area contributed by atoms with E-state index >= 15 is 0 Å². The summed E-state index contributed by atoms with van der Waals surface area (Å²) in [5.74, 6) is -0.0950. The molecule has 1 N–H and O–H groups in total. The summed E-state index contributed by atoms with van der Waals surface area (Å²) in [5, 5.41) is 16.9. The molecule has 1 atom stereocenters. The first kappa shape index (κ1) is 18.6. The maximum Gasteiger partial charge on any atom is 0.269 e. The number of Topliss-reactive ketones (excluding diaryl/α,β-unsaturated/α-hetero) is 1. The third-order valence-electron chi connectivity index (χ3n) is 6.19. The maximum atomic E-state index is 13.3. The molecule has 1 aliphatic heterocycles. The molecule has 0 saturated heterocycles. The predicted octanol–water partition coefficient (Wildman–Crippen LogP) is 5.95. The average molecular weight is 398 g/mol. The molecule has 0 fully saturated rings. The first-order valence-electron chi connectivity index (χ1n) is 10.1. The second-order valence-electron chi connectivity index (χ2n) is 8.99. The highest BCUT2D eigenvalue weighted by Gasteiger charge is 2.41. The number of nitro groups is 1. The number of non-ortho nitro benzene ring substituents is 1. The van der Waals surface area contributed by atoms with Crippen LogP contribution in [0, 0.1) is 15.5 Å². The molecule has 1 aliphatic carbocycles. The van der Waals surface area contributed by atoms with Crippen molar-refractivity contribution in [3.63, 3.8) is 0 Å². The van der Waals surface area contributed by atoms with Gasteiger partial charge in [-0.15, -0.1) is 0 Å². The Bertz CT molecular complexity index is 1240. The summed E-state index contributed by atoms with van der Waals surface area (Å²) in [5.41, 5.74) is 4.69. The van der Waals surface area contributed by atoms with Gasteiger partial charge >= 0.3 is 0 Å². The number of hydrogen-bond donors (Lipinski definition) is 1. The summed E-state index contributed by atoms with van der Waals surface area (Å²) < 4.78 is 0. The van der Waals surface area contributed by atoms with E-state index in [9.17, 15) is 14.9 Å². The zero-order valence-corrected chi connectivity index (χ0v) is 16.9. The van der Waals surface area contributed by atoms with E-state index in [1.165, 1.54) is 12.1 Å². The SMILES string of the molecule is CC1(C)CC(=O)C2=C(C1)Nc1ccc3ccccc3c1[C@@H]2c1ccc([N+](=O)[O-])cc1. The average Bonchev–Trinajstić information content (AvgIpc) is 2.71. The molecule has 0 saturated carbocycles. The second-order valence-corrected chi connectivity index (χ2v) is 8.99. The molecule has 2 aliphatic rings. The Morgan fingerprint density at radius 1 is 1.00 bits per heavy atom. The minimum absolute atomic E-state index is 0.0520. The van der Waals surface area contributed by atoms with Crippen LogP contribution in [0.15, 0.2) is 71.9 Å². The van der Waals surface area contributed by atoms with E-state index in [1.54, 1.807) is 12.1 Å². The summed E-state index contributed by atoms with van der Waals surface area (Å²) in [4.78, 5) is 24.1. The Labute approximate surface area is 174 Å². The Kier molecular flexibility index (Phi) is 4.03. The second kappa shape index (κ2) is 6.52. The van der Waals surface area contributed by atoms with Gasteiger partial charge in [0.05, 0.1) is 4.92 Å². The van der Waals surface area contributed by atoms with Gasteiger partial charge in [-0.1, -0.05) is 56.3 Å². The van der Waals surface area contributed by atoms with Gasteiger partial charge in [0, 0.05) is 41.4 Å². The molecule has 1 heterocycles. The third-order valence-corrected chi connectivity index (χ3v) is 6.19. The van der Waals surface area contributed by atoms with Gasteiger partial charge in [-0.05, 0) is 39.8 Å². The van der Waals surface area contributed by atoms with E-state index in [0.29, 0.717) is 6.42 Å². The number of fused-ring (bicyclic) bond motifs is 3. The standard InChI is InChI=1S/C25H22N2O3/c1-25(2)13-20-24(21(28)14-25)22(16-7-10-17(11-8-16)27(29)30)23-18-6-4-3-5-15(18)9-12-19(23)26-20/h3-12,22,26H,13-14H2,1-2H3/t22-/m0/s1. The van der Waals surface area contributed by atoms with Crippen molar-refractivity contribution in [2.45, 2.75) is 32.6 Å². The number of nitro benzene ring substituents is 1. The van der Waals surface area contributed by atoms with Crippen LogP contribution in [0.2, 0.25) is 0 Å². The molecule has 0 aromatic heterocycles. The smallest absolute Gasteiger partial charge is 0.269 e. The van der Waals surface area contributed by atoms with E-state index < -0.39 is 4.92 Å². The monoisotopic (exact) mass is 398 g/mol. The summed E-state index contributed by atoms with van der Waals surface area (Å²) in [7, 11) is 0. The lowest BCUT2D eigenvalue weighted by Crippen LogP contribution is -2.33. The highest BCUT2D eigenvalue weighted by atomic mass is 16.6. The number of nitrogens with one attached hydrogen (secondary N) is 1. The lowest BCUT2D eigenvalue weighted by Gasteiger charge is -2.40. The van der Waals surface area contributed by atoms with E-state index in [-0.39, 0.29) is 22.8 Å². The maximum absolute atomic E-state index is 13.3. The Balaban J connectivity index is 1.78. The van der Waals surface area contributed by atoms with Crippen molar-refractivity contribution >= 4 is 27.9 Å². The number of rotatable bonds is 2. The molecule has 0 radical (unpaired) electrons. The van der Waals surface area contributed by atoms with Crippen molar-refractivity contribution in [3.8, 4) is 0 Å². The number of ketones is 1. The highest BCUT2D eigenvalue weighted by molar-refractivity contribution is 6.04. The molecule has 0 spiro atoms. The lowest BCUT2D eigenvalue weighted by atomic mass is 9.68. The van der Waals surface area contributed by atoms with Crippen molar-refractivity contribution in [1.82, 2.24) is 0 Å². The molecule has 5 nitrogen and oxygen atoms in total. The first-order valence-corrected chi connectivity index (χ1v) is 10.1. The van der Waals surface area contributed by atoms with E-state index in [0.717, 1.165) is 45.3 Å². The predicted molar refractivity (Wildman–Crippen MR) is 118 cm³/mol. The van der Waals surface area contributed by atoms with Crippen molar-refractivity contribution in [1.29, 1.82) is 0 Å². The third kappa shape index (κ3) is 2.89. The van der Waals surface area contributed by atoms with Gasteiger partial charge in [0.2, 0.25) is 0 Å². The van der Waals surface area contributed by atoms with Crippen molar-refractivity contribution in [2.75, 3.05) is 5.32 Å². The fourth-order valence-corrected chi connectivity index (χ4v) is 4.93. The number of benzene rings is 3. The van der Waals surface area contributed by atoms with E-state index in [2.05, 4.69) is 43.4 Å². The minimum Gasteiger partial charge on any atom is -0.358 e. The van der Waals surface area contributed by atoms with Gasteiger partial charge in [-0.2, -0.15) is 0 Å². The van der Waals surface area contributed by atoms with Crippen LogP contribution in [0.4, 0.5) is 11.4 Å². The van der Waals surface area contributed by atoms with Gasteiger partial charge in [-0.3, -0.25) is 14.9 Å². The van der Waals surface area contributed by atoms with Crippen LogP contribution < -0.4 is 5.32 Å². The van der Waals surface area contributed by atoms with Gasteiger partial charge in [0.15, 0.2) is 5.78 Å². The number of hydrogen-bond acceptors (Lipinski definition) is 4. The fraction of sp³-hybridized carbons (Fsp3) is 0.240. The summed E-state index contributed by atoms with van der Waals surface area (Å²) in [6.07, 6.45) is 1.29. The molecule has 30 heavy (non-hydrogen) atoms. The fourth-order valence-electron chi connectivity index (χ4n) is 4.93. The summed E-state index contributed by atoms with van der Waals surface area (Å²) >= 11 is 0. The first-order chi connectivity index (χ1) is 14.3. The molecule has 5 rings (SSSR count). The Hall–Kier alpha value is -3.47. The molecular formula is C25H22N2O3. The number of allylic oxidation sites excluding steroid dienone is 2. The van der Waals surface area contributed by atoms with Gasteiger partial charge in [-0.25, -0.2) is 0 Å². The zero-order valence-electron chi connectivity index (χ0n) is 16.9. The van der Waals surface area contributed by atoms with Gasteiger partial charge in [0.25, 0.3) is 5.69 Å². The number of nitrogens with zero attached hydrogens (tertiary/aromatic N) is 1. The molecule has 0 unspecified atom stereocenters. The van der Waals surface area contributed by atoms with E-state index in [1.807, 2.05) is 12.1 Å². The lowest BCUT2D eigenvalue weighted by molar-refractivity contribution is -0.384. The number of anilines is 1. The number of carbonyl (C=O) groups is 1. The van der Waals surface area contributed by atoms with Crippen molar-refractivity contribution < 1.29 is 9.72 Å². The quantitative estimate of drug-likeness (QED) is 0.428. The van der Waals surface area contributed by atoms with Crippen LogP contribution in [0.25, 0.3) is 10.8 Å². The van der Waals surface area contributed by atoms with Gasteiger partial charge < -0.3 is 5.32 Å². The molecule has 0 bridgehead atoms. The number of carbonyl (C=O) groups excluding carboxylic acids is 1. The highest BCUT2D eigenvalue weighted by Crippen LogP contribution is 2.50. The van der Waals surface area contributed by atoms with Crippen LogP contribution in [-0.4, -0.2) is 10.7 Å². The molecule has 0 amide bonds. The van der Waals surface area contributed by atoms with Crippen LogP contribution >= 0.6 is 0 Å². The summed E-state index contributed by atoms with van der Waals surface area (Å²) in [6, 6.07) is 19.0. The molecule has 3 aromatic carbocycles. The normalized spacial score (nSPS) is 19.8. The summed E-state index contributed by atoms with van der Waals surface area (Å²) in [6.45, 7) is 4.24. The minimum atomic E-state index is -0.394. The van der Waals surface area contributed by atoms with Crippen LogP contribution in [-0.2, 0) is 4.79 Å². The van der Waals surface area contributed by atoms with Crippen LogP contribution in [0.1, 0.15) is 43.7 Å². The largest absolute Gasteiger partial charge is 0.358 e. The van der Waals surface area contributed by atoms with Crippen molar-refractivity contribution in [2.24, 2.45) is 5.41 Å². The molecule has 150 valence electrons. The van der Waals surface area contributed by atoms with Crippen molar-refractivity contribution in [3.05, 3.63) is 93.2 Å².